The molecule has 3 rings (SSSR count). The van der Waals surface area contributed by atoms with Gasteiger partial charge in [-0.05, 0) is 37.5 Å². The fraction of sp³-hybridized carbons (Fsp3) is 0.308. The summed E-state index contributed by atoms with van der Waals surface area (Å²) in [6.45, 7) is 2.85. The first-order chi connectivity index (χ1) is 8.74. The highest BCUT2D eigenvalue weighted by atomic mass is 16.1. The molecule has 2 N–H and O–H groups in total. The van der Waals surface area contributed by atoms with Crippen LogP contribution >= 0.6 is 0 Å². The Balaban J connectivity index is 2.14. The van der Waals surface area contributed by atoms with Crippen LogP contribution in [0.2, 0.25) is 0 Å². The minimum absolute atomic E-state index is 0.0643. The number of anilines is 1. The predicted molar refractivity (Wildman–Crippen MR) is 69.6 cm³/mol. The predicted octanol–water partition coefficient (Wildman–Crippen LogP) is 1.50. The van der Waals surface area contributed by atoms with Gasteiger partial charge < -0.3 is 10.3 Å². The molecular formula is C13H14N4O. The van der Waals surface area contributed by atoms with Crippen LogP contribution in [0.25, 0.3) is 11.5 Å². The molecule has 0 bridgehead atoms. The van der Waals surface area contributed by atoms with Crippen LogP contribution in [0.1, 0.15) is 17.5 Å². The molecule has 5 nitrogen and oxygen atoms in total. The fourth-order valence-corrected chi connectivity index (χ4v) is 2.13. The number of hydrogen-bond acceptors (Lipinski definition) is 4. The van der Waals surface area contributed by atoms with Crippen molar-refractivity contribution >= 4 is 5.82 Å². The Labute approximate surface area is 104 Å². The standard InChI is InChI=1S/C13H14N4O/c1-8-4-6-14-10(7-8)12-16-11-9(13(18)17-12)3-2-5-15-11/h4,6-7H,2-3,5H2,1H3,(H2,15,16,17,18). The third-order valence-corrected chi connectivity index (χ3v) is 3.07. The van der Waals surface area contributed by atoms with Crippen molar-refractivity contribution in [1.82, 2.24) is 15.0 Å². The van der Waals surface area contributed by atoms with Gasteiger partial charge in [-0.3, -0.25) is 9.78 Å². The molecule has 2 aromatic heterocycles. The first-order valence-electron chi connectivity index (χ1n) is 6.04. The summed E-state index contributed by atoms with van der Waals surface area (Å²) < 4.78 is 0. The van der Waals surface area contributed by atoms with Gasteiger partial charge in [0.25, 0.3) is 5.56 Å². The lowest BCUT2D eigenvalue weighted by Gasteiger charge is -2.16. The first-order valence-corrected chi connectivity index (χ1v) is 6.04. The highest BCUT2D eigenvalue weighted by Gasteiger charge is 2.16. The van der Waals surface area contributed by atoms with Crippen LogP contribution in [0.4, 0.5) is 5.82 Å². The summed E-state index contributed by atoms with van der Waals surface area (Å²) in [4.78, 5) is 23.5. The molecule has 0 unspecified atom stereocenters. The third kappa shape index (κ3) is 1.88. The number of aryl methyl sites for hydroxylation is 1. The molecule has 3 heterocycles. The maximum atomic E-state index is 12.0. The number of fused-ring (bicyclic) bond motifs is 1. The summed E-state index contributed by atoms with van der Waals surface area (Å²) in [6.07, 6.45) is 3.48. The highest BCUT2D eigenvalue weighted by molar-refractivity contribution is 5.55. The van der Waals surface area contributed by atoms with E-state index in [0.717, 1.165) is 30.5 Å². The Morgan fingerprint density at radius 1 is 1.39 bits per heavy atom. The largest absolute Gasteiger partial charge is 0.370 e. The number of pyridine rings is 1. The number of nitrogens with one attached hydrogen (secondary N) is 2. The van der Waals surface area contributed by atoms with Crippen LogP contribution in [0.5, 0.6) is 0 Å². The molecule has 1 aliphatic heterocycles. The summed E-state index contributed by atoms with van der Waals surface area (Å²) in [6, 6.07) is 3.83. The zero-order valence-electron chi connectivity index (χ0n) is 10.2. The van der Waals surface area contributed by atoms with Crippen LogP contribution in [0.15, 0.2) is 23.1 Å². The number of H-pyrrole nitrogens is 1. The Morgan fingerprint density at radius 2 is 2.28 bits per heavy atom. The zero-order valence-corrected chi connectivity index (χ0v) is 10.2. The lowest BCUT2D eigenvalue weighted by molar-refractivity contribution is 0.799. The van der Waals surface area contributed by atoms with Crippen LogP contribution in [-0.2, 0) is 6.42 Å². The molecule has 0 fully saturated rings. The molecule has 18 heavy (non-hydrogen) atoms. The van der Waals surface area contributed by atoms with Crippen molar-refractivity contribution in [2.45, 2.75) is 19.8 Å². The monoisotopic (exact) mass is 242 g/mol. The van der Waals surface area contributed by atoms with Gasteiger partial charge in [-0.15, -0.1) is 0 Å². The Kier molecular flexibility index (Phi) is 2.59. The lowest BCUT2D eigenvalue weighted by atomic mass is 10.1. The van der Waals surface area contributed by atoms with Crippen molar-refractivity contribution in [1.29, 1.82) is 0 Å². The van der Waals surface area contributed by atoms with E-state index in [0.29, 0.717) is 17.3 Å². The van der Waals surface area contributed by atoms with Crippen molar-refractivity contribution in [2.24, 2.45) is 0 Å². The Bertz CT molecular complexity index is 648. The minimum Gasteiger partial charge on any atom is -0.370 e. The van der Waals surface area contributed by atoms with E-state index in [1.165, 1.54) is 0 Å². The van der Waals surface area contributed by atoms with Crippen molar-refractivity contribution in [2.75, 3.05) is 11.9 Å². The summed E-state index contributed by atoms with van der Waals surface area (Å²) in [5.41, 5.74) is 2.47. The van der Waals surface area contributed by atoms with E-state index in [9.17, 15) is 4.79 Å². The second-order valence-electron chi connectivity index (χ2n) is 4.49. The molecule has 0 aliphatic carbocycles. The van der Waals surface area contributed by atoms with Gasteiger partial charge in [0.1, 0.15) is 11.5 Å². The summed E-state index contributed by atoms with van der Waals surface area (Å²) in [7, 11) is 0. The molecule has 0 atom stereocenters. The minimum atomic E-state index is -0.0643. The first kappa shape index (κ1) is 11.0. The van der Waals surface area contributed by atoms with E-state index in [4.69, 9.17) is 0 Å². The highest BCUT2D eigenvalue weighted by Crippen LogP contribution is 2.19. The number of aromatic nitrogens is 3. The van der Waals surface area contributed by atoms with E-state index in [2.05, 4.69) is 20.3 Å². The molecule has 92 valence electrons. The normalized spacial score (nSPS) is 13.8. The van der Waals surface area contributed by atoms with Gasteiger partial charge in [-0.1, -0.05) is 0 Å². The molecule has 0 saturated carbocycles. The second-order valence-corrected chi connectivity index (χ2v) is 4.49. The van der Waals surface area contributed by atoms with Crippen LogP contribution in [-0.4, -0.2) is 21.5 Å². The molecule has 0 radical (unpaired) electrons. The molecular weight excluding hydrogens is 228 g/mol. The molecule has 5 heteroatoms. The van der Waals surface area contributed by atoms with Gasteiger partial charge in [0.2, 0.25) is 0 Å². The van der Waals surface area contributed by atoms with Crippen molar-refractivity contribution in [3.63, 3.8) is 0 Å². The maximum absolute atomic E-state index is 12.0. The second kappa shape index (κ2) is 4.25. The Hall–Kier alpha value is -2.17. The van der Waals surface area contributed by atoms with Crippen molar-refractivity contribution < 1.29 is 0 Å². The number of nitrogens with zero attached hydrogens (tertiary/aromatic N) is 2. The number of hydrogen-bond donors (Lipinski definition) is 2. The van der Waals surface area contributed by atoms with Crippen molar-refractivity contribution in [3.8, 4) is 11.5 Å². The lowest BCUT2D eigenvalue weighted by Crippen LogP contribution is -2.24. The SMILES string of the molecule is Cc1ccnc(-c2nc3c(c(=O)[nH]2)CCCN3)c1. The molecule has 0 saturated heterocycles. The van der Waals surface area contributed by atoms with E-state index in [-0.39, 0.29) is 5.56 Å². The summed E-state index contributed by atoms with van der Waals surface area (Å²) in [5.74, 6) is 1.22. The van der Waals surface area contributed by atoms with E-state index >= 15 is 0 Å². The molecule has 0 spiro atoms. The quantitative estimate of drug-likeness (QED) is 0.795. The smallest absolute Gasteiger partial charge is 0.256 e. The zero-order chi connectivity index (χ0) is 12.5. The molecule has 1 aliphatic rings. The van der Waals surface area contributed by atoms with Gasteiger partial charge in [0, 0.05) is 12.7 Å². The molecule has 0 amide bonds. The average molecular weight is 242 g/mol. The van der Waals surface area contributed by atoms with Gasteiger partial charge in [0.15, 0.2) is 5.82 Å². The topological polar surface area (TPSA) is 70.7 Å². The number of rotatable bonds is 1. The van der Waals surface area contributed by atoms with E-state index < -0.39 is 0 Å². The van der Waals surface area contributed by atoms with Gasteiger partial charge in [-0.25, -0.2) is 4.98 Å². The van der Waals surface area contributed by atoms with Crippen LogP contribution < -0.4 is 10.9 Å². The van der Waals surface area contributed by atoms with Gasteiger partial charge >= 0.3 is 0 Å². The van der Waals surface area contributed by atoms with Crippen LogP contribution in [0.3, 0.4) is 0 Å². The summed E-state index contributed by atoms with van der Waals surface area (Å²) >= 11 is 0. The number of aromatic amines is 1. The van der Waals surface area contributed by atoms with Crippen LogP contribution in [0, 0.1) is 6.92 Å². The molecule has 0 aromatic carbocycles. The molecule has 2 aromatic rings. The van der Waals surface area contributed by atoms with Gasteiger partial charge in [-0.2, -0.15) is 0 Å². The van der Waals surface area contributed by atoms with E-state index in [1.54, 1.807) is 6.20 Å². The average Bonchev–Trinajstić information content (AvgIpc) is 2.39. The fourth-order valence-electron chi connectivity index (χ4n) is 2.13. The third-order valence-electron chi connectivity index (χ3n) is 3.07. The Morgan fingerprint density at radius 3 is 3.11 bits per heavy atom. The maximum Gasteiger partial charge on any atom is 0.256 e. The van der Waals surface area contributed by atoms with E-state index in [1.807, 2.05) is 19.1 Å². The van der Waals surface area contributed by atoms with Gasteiger partial charge in [0.05, 0.1) is 5.56 Å². The van der Waals surface area contributed by atoms with Crippen molar-refractivity contribution in [3.05, 3.63) is 39.8 Å². The summed E-state index contributed by atoms with van der Waals surface area (Å²) in [5, 5.41) is 3.17.